The van der Waals surface area contributed by atoms with Crippen molar-refractivity contribution in [3.63, 3.8) is 0 Å². The van der Waals surface area contributed by atoms with Crippen molar-refractivity contribution in [3.8, 4) is 0 Å². The van der Waals surface area contributed by atoms with Crippen LogP contribution in [0.15, 0.2) is 41.4 Å². The molecule has 0 N–H and O–H groups in total. The first-order valence-electron chi connectivity index (χ1n) is 6.66. The van der Waals surface area contributed by atoms with Crippen LogP contribution in [0.4, 0.5) is 0 Å². The molecule has 1 unspecified atom stereocenters. The quantitative estimate of drug-likeness (QED) is 0.630. The number of rotatable bonds is 1. The second kappa shape index (κ2) is 9.83. The van der Waals surface area contributed by atoms with Crippen LogP contribution in [0.1, 0.15) is 46.6 Å². The summed E-state index contributed by atoms with van der Waals surface area (Å²) in [6.45, 7) is 10.2. The van der Waals surface area contributed by atoms with E-state index in [2.05, 4.69) is 30.1 Å². The number of hydrogen-bond acceptors (Lipinski definition) is 1. The molecule has 1 aliphatic rings. The van der Waals surface area contributed by atoms with Gasteiger partial charge >= 0.3 is 0 Å². The van der Waals surface area contributed by atoms with Crippen LogP contribution in [-0.4, -0.2) is 6.21 Å². The SMILES string of the molecule is CC.CC.CC1C=NC(c2ccccc2)=CC1. The minimum absolute atomic E-state index is 0.590. The second-order valence-electron chi connectivity index (χ2n) is 3.45. The van der Waals surface area contributed by atoms with Gasteiger partial charge in [-0.15, -0.1) is 0 Å². The van der Waals surface area contributed by atoms with Gasteiger partial charge in [0, 0.05) is 6.21 Å². The Balaban J connectivity index is 0.000000581. The van der Waals surface area contributed by atoms with Crippen LogP contribution in [0.5, 0.6) is 0 Å². The number of nitrogens with zero attached hydrogens (tertiary/aromatic N) is 1. The third-order valence-electron chi connectivity index (χ3n) is 2.22. The number of aliphatic imine (C=N–C) groups is 1. The molecular formula is C16H25N. The Bertz CT molecular complexity index is 336. The smallest absolute Gasteiger partial charge is 0.0658 e. The van der Waals surface area contributed by atoms with Crippen molar-refractivity contribution < 1.29 is 0 Å². The monoisotopic (exact) mass is 231 g/mol. The number of allylic oxidation sites excluding steroid dienone is 1. The van der Waals surface area contributed by atoms with Crippen molar-refractivity contribution >= 4 is 11.9 Å². The maximum Gasteiger partial charge on any atom is 0.0658 e. The maximum absolute atomic E-state index is 4.42. The average Bonchev–Trinajstić information content (AvgIpc) is 2.45. The molecular weight excluding hydrogens is 206 g/mol. The molecule has 2 rings (SSSR count). The highest BCUT2D eigenvalue weighted by molar-refractivity contribution is 5.77. The van der Waals surface area contributed by atoms with Gasteiger partial charge in [-0.05, 0) is 17.9 Å². The molecule has 0 bridgehead atoms. The van der Waals surface area contributed by atoms with E-state index < -0.39 is 0 Å². The summed E-state index contributed by atoms with van der Waals surface area (Å²) in [4.78, 5) is 4.42. The van der Waals surface area contributed by atoms with Gasteiger partial charge in [0.25, 0.3) is 0 Å². The van der Waals surface area contributed by atoms with Crippen LogP contribution >= 0.6 is 0 Å². The molecule has 1 aromatic carbocycles. The van der Waals surface area contributed by atoms with Gasteiger partial charge in [-0.3, -0.25) is 4.99 Å². The fraction of sp³-hybridized carbons (Fsp3) is 0.438. The molecule has 0 aromatic heterocycles. The fourth-order valence-corrected chi connectivity index (χ4v) is 1.42. The Kier molecular flexibility index (Phi) is 9.04. The molecule has 94 valence electrons. The lowest BCUT2D eigenvalue weighted by Crippen LogP contribution is -1.99. The molecule has 17 heavy (non-hydrogen) atoms. The van der Waals surface area contributed by atoms with Gasteiger partial charge in [-0.25, -0.2) is 0 Å². The Labute approximate surface area is 106 Å². The summed E-state index contributed by atoms with van der Waals surface area (Å²) in [7, 11) is 0. The van der Waals surface area contributed by atoms with E-state index in [4.69, 9.17) is 0 Å². The topological polar surface area (TPSA) is 12.4 Å². The zero-order valence-electron chi connectivity index (χ0n) is 11.8. The molecule has 1 aliphatic heterocycles. The lowest BCUT2D eigenvalue weighted by atomic mass is 10.0. The van der Waals surface area contributed by atoms with Gasteiger partial charge in [0.15, 0.2) is 0 Å². The van der Waals surface area contributed by atoms with E-state index >= 15 is 0 Å². The molecule has 1 atom stereocenters. The predicted octanol–water partition coefficient (Wildman–Crippen LogP) is 5.19. The third-order valence-corrected chi connectivity index (χ3v) is 2.22. The first kappa shape index (κ1) is 15.6. The number of benzene rings is 1. The van der Waals surface area contributed by atoms with E-state index in [1.54, 1.807) is 0 Å². The molecule has 1 aromatic rings. The standard InChI is InChI=1S/C12H13N.2C2H6/c1-10-7-8-12(13-9-10)11-5-3-2-4-6-11;2*1-2/h2-6,8-10H,7H2,1H3;2*1-2H3. The highest BCUT2D eigenvalue weighted by Crippen LogP contribution is 2.21. The summed E-state index contributed by atoms with van der Waals surface area (Å²) in [5, 5.41) is 0. The zero-order valence-corrected chi connectivity index (χ0v) is 11.8. The minimum atomic E-state index is 0.590. The summed E-state index contributed by atoms with van der Waals surface area (Å²) in [6.07, 6.45) is 5.34. The van der Waals surface area contributed by atoms with E-state index in [1.165, 1.54) is 5.56 Å². The van der Waals surface area contributed by atoms with Crippen LogP contribution in [0, 0.1) is 5.92 Å². The lowest BCUT2D eigenvalue weighted by Gasteiger charge is -2.10. The van der Waals surface area contributed by atoms with Gasteiger partial charge in [0.1, 0.15) is 0 Å². The predicted molar refractivity (Wildman–Crippen MR) is 79.4 cm³/mol. The maximum atomic E-state index is 4.42. The van der Waals surface area contributed by atoms with Gasteiger partial charge in [0.05, 0.1) is 5.70 Å². The Hall–Kier alpha value is -1.37. The van der Waals surface area contributed by atoms with E-state index in [1.807, 2.05) is 52.1 Å². The van der Waals surface area contributed by atoms with E-state index in [9.17, 15) is 0 Å². The van der Waals surface area contributed by atoms with Crippen LogP contribution in [0.3, 0.4) is 0 Å². The van der Waals surface area contributed by atoms with Crippen molar-refractivity contribution in [3.05, 3.63) is 42.0 Å². The normalized spacial score (nSPS) is 17.0. The van der Waals surface area contributed by atoms with E-state index in [-0.39, 0.29) is 0 Å². The molecule has 0 amide bonds. The number of hydrogen-bond donors (Lipinski definition) is 0. The van der Waals surface area contributed by atoms with Crippen molar-refractivity contribution in [2.24, 2.45) is 10.9 Å². The molecule has 1 heteroatoms. The van der Waals surface area contributed by atoms with E-state index in [0.717, 1.165) is 12.1 Å². The summed E-state index contributed by atoms with van der Waals surface area (Å²) in [5.74, 6) is 0.590. The van der Waals surface area contributed by atoms with Gasteiger partial charge in [0.2, 0.25) is 0 Å². The highest BCUT2D eigenvalue weighted by Gasteiger charge is 2.05. The summed E-state index contributed by atoms with van der Waals surface area (Å²) in [5.41, 5.74) is 2.32. The Morgan fingerprint density at radius 3 is 2.06 bits per heavy atom. The van der Waals surface area contributed by atoms with Crippen LogP contribution in [-0.2, 0) is 0 Å². The first-order chi connectivity index (χ1) is 8.36. The van der Waals surface area contributed by atoms with Crippen LogP contribution in [0.2, 0.25) is 0 Å². The van der Waals surface area contributed by atoms with Crippen LogP contribution < -0.4 is 0 Å². The zero-order chi connectivity index (χ0) is 13.1. The fourth-order valence-electron chi connectivity index (χ4n) is 1.42. The Morgan fingerprint density at radius 2 is 1.59 bits per heavy atom. The molecule has 0 saturated heterocycles. The van der Waals surface area contributed by atoms with Gasteiger partial charge in [-0.1, -0.05) is 71.0 Å². The molecule has 0 saturated carbocycles. The molecule has 0 fully saturated rings. The molecule has 0 aliphatic carbocycles. The third kappa shape index (κ3) is 5.48. The summed E-state index contributed by atoms with van der Waals surface area (Å²) in [6, 6.07) is 10.3. The Morgan fingerprint density at radius 1 is 1.00 bits per heavy atom. The van der Waals surface area contributed by atoms with Crippen molar-refractivity contribution in [2.45, 2.75) is 41.0 Å². The first-order valence-corrected chi connectivity index (χ1v) is 6.66. The highest BCUT2D eigenvalue weighted by atomic mass is 14.7. The van der Waals surface area contributed by atoms with Crippen molar-refractivity contribution in [1.29, 1.82) is 0 Å². The minimum Gasteiger partial charge on any atom is -0.261 e. The summed E-state index contributed by atoms with van der Waals surface area (Å²) >= 11 is 0. The van der Waals surface area contributed by atoms with Gasteiger partial charge in [-0.2, -0.15) is 0 Å². The lowest BCUT2D eigenvalue weighted by molar-refractivity contribution is 0.799. The second-order valence-corrected chi connectivity index (χ2v) is 3.45. The largest absolute Gasteiger partial charge is 0.261 e. The van der Waals surface area contributed by atoms with E-state index in [0.29, 0.717) is 5.92 Å². The van der Waals surface area contributed by atoms with Crippen molar-refractivity contribution in [1.82, 2.24) is 0 Å². The molecule has 1 nitrogen and oxygen atoms in total. The van der Waals surface area contributed by atoms with Crippen molar-refractivity contribution in [2.75, 3.05) is 0 Å². The molecule has 0 radical (unpaired) electrons. The van der Waals surface area contributed by atoms with Gasteiger partial charge < -0.3 is 0 Å². The van der Waals surface area contributed by atoms with Crippen LogP contribution in [0.25, 0.3) is 5.70 Å². The summed E-state index contributed by atoms with van der Waals surface area (Å²) < 4.78 is 0. The molecule has 1 heterocycles. The molecule has 0 spiro atoms. The average molecular weight is 231 g/mol.